The van der Waals surface area contributed by atoms with E-state index in [0.717, 1.165) is 11.3 Å². The molecular weight excluding hydrogens is 386 g/mol. The minimum atomic E-state index is -0.586. The van der Waals surface area contributed by atoms with Crippen molar-refractivity contribution in [2.24, 2.45) is 0 Å². The first-order valence-electron chi connectivity index (χ1n) is 9.99. The number of hydrogen-bond acceptors (Lipinski definition) is 6. The molecule has 0 spiro atoms. The molecule has 1 N–H and O–H groups in total. The molecule has 3 rings (SSSR count). The first-order valence-corrected chi connectivity index (χ1v) is 9.99. The van der Waals surface area contributed by atoms with Crippen LogP contribution in [0.25, 0.3) is 0 Å². The molecule has 30 heavy (non-hydrogen) atoms. The van der Waals surface area contributed by atoms with Crippen LogP contribution in [-0.4, -0.2) is 37.5 Å². The Kier molecular flexibility index (Phi) is 7.43. The maximum absolute atomic E-state index is 12.2. The number of benzene rings is 2. The van der Waals surface area contributed by atoms with Gasteiger partial charge in [0.15, 0.2) is 12.4 Å². The lowest BCUT2D eigenvalue weighted by Crippen LogP contribution is -2.35. The van der Waals surface area contributed by atoms with Crippen molar-refractivity contribution in [3.63, 3.8) is 0 Å². The Morgan fingerprint density at radius 3 is 2.60 bits per heavy atom. The summed E-state index contributed by atoms with van der Waals surface area (Å²) in [5.41, 5.74) is 1.41. The second-order valence-corrected chi connectivity index (χ2v) is 6.84. The lowest BCUT2D eigenvalue weighted by Gasteiger charge is -2.26. The highest BCUT2D eigenvalue weighted by atomic mass is 16.5. The smallest absolute Gasteiger partial charge is 0.306 e. The standard InChI is InChI=1S/C23H25NO6/c1-2-28-17-9-7-16(8-10-17)20(25)11-12-23(27)30-15-22(26)24-19-13-14-29-21-6-4-3-5-18(19)21/h3-10,19H,2,11-15H2,1H3,(H,24,26). The molecule has 0 fully saturated rings. The molecule has 0 radical (unpaired) electrons. The largest absolute Gasteiger partial charge is 0.494 e. The highest BCUT2D eigenvalue weighted by molar-refractivity contribution is 5.97. The van der Waals surface area contributed by atoms with E-state index in [4.69, 9.17) is 14.2 Å². The average molecular weight is 411 g/mol. The quantitative estimate of drug-likeness (QED) is 0.503. The fourth-order valence-electron chi connectivity index (χ4n) is 3.21. The van der Waals surface area contributed by atoms with Gasteiger partial charge in [-0.3, -0.25) is 14.4 Å². The lowest BCUT2D eigenvalue weighted by atomic mass is 10.0. The third-order valence-electron chi connectivity index (χ3n) is 4.70. The summed E-state index contributed by atoms with van der Waals surface area (Å²) in [5, 5.41) is 2.86. The van der Waals surface area contributed by atoms with Crippen LogP contribution in [0.4, 0.5) is 0 Å². The first-order chi connectivity index (χ1) is 14.6. The topological polar surface area (TPSA) is 90.9 Å². The normalized spacial score (nSPS) is 14.8. The van der Waals surface area contributed by atoms with Gasteiger partial charge in [0.1, 0.15) is 11.5 Å². The molecule has 0 bridgehead atoms. The van der Waals surface area contributed by atoms with Crippen molar-refractivity contribution in [2.75, 3.05) is 19.8 Å². The second-order valence-electron chi connectivity index (χ2n) is 6.84. The van der Waals surface area contributed by atoms with Crippen molar-refractivity contribution in [2.45, 2.75) is 32.2 Å². The van der Waals surface area contributed by atoms with Crippen molar-refractivity contribution in [1.29, 1.82) is 0 Å². The van der Waals surface area contributed by atoms with Gasteiger partial charge in [0.2, 0.25) is 0 Å². The summed E-state index contributed by atoms with van der Waals surface area (Å²) in [5.74, 6) is 0.295. The Morgan fingerprint density at radius 2 is 1.83 bits per heavy atom. The van der Waals surface area contributed by atoms with Gasteiger partial charge < -0.3 is 19.5 Å². The average Bonchev–Trinajstić information content (AvgIpc) is 2.77. The molecule has 0 saturated heterocycles. The van der Waals surface area contributed by atoms with Crippen LogP contribution in [0.1, 0.15) is 48.1 Å². The van der Waals surface area contributed by atoms with Gasteiger partial charge in [-0.1, -0.05) is 18.2 Å². The molecule has 1 aliphatic rings. The molecule has 1 atom stereocenters. The van der Waals surface area contributed by atoms with Gasteiger partial charge in [-0.2, -0.15) is 0 Å². The SMILES string of the molecule is CCOc1ccc(C(=O)CCC(=O)OCC(=O)NC2CCOc3ccccc32)cc1. The van der Waals surface area contributed by atoms with Crippen molar-refractivity contribution in [3.8, 4) is 11.5 Å². The molecule has 0 aromatic heterocycles. The van der Waals surface area contributed by atoms with Crippen LogP contribution in [0.5, 0.6) is 11.5 Å². The molecule has 0 saturated carbocycles. The van der Waals surface area contributed by atoms with E-state index in [-0.39, 0.29) is 37.2 Å². The summed E-state index contributed by atoms with van der Waals surface area (Å²) >= 11 is 0. The molecule has 2 aromatic carbocycles. The van der Waals surface area contributed by atoms with Crippen LogP contribution in [0.2, 0.25) is 0 Å². The van der Waals surface area contributed by atoms with E-state index in [1.165, 1.54) is 0 Å². The van der Waals surface area contributed by atoms with Gasteiger partial charge in [0, 0.05) is 24.0 Å². The highest BCUT2D eigenvalue weighted by Crippen LogP contribution is 2.31. The molecule has 2 aromatic rings. The number of amides is 1. The van der Waals surface area contributed by atoms with Crippen LogP contribution in [0, 0.1) is 0 Å². The van der Waals surface area contributed by atoms with Gasteiger partial charge in [-0.25, -0.2) is 0 Å². The molecule has 7 nitrogen and oxygen atoms in total. The van der Waals surface area contributed by atoms with E-state index in [2.05, 4.69) is 5.32 Å². The Labute approximate surface area is 175 Å². The van der Waals surface area contributed by atoms with E-state index in [1.807, 2.05) is 31.2 Å². The van der Waals surface area contributed by atoms with Crippen molar-refractivity contribution < 1.29 is 28.6 Å². The number of carbonyl (C=O) groups is 3. The van der Waals surface area contributed by atoms with E-state index in [1.54, 1.807) is 24.3 Å². The minimum Gasteiger partial charge on any atom is -0.494 e. The number of para-hydroxylation sites is 1. The van der Waals surface area contributed by atoms with Gasteiger partial charge in [0.05, 0.1) is 25.7 Å². The molecule has 158 valence electrons. The van der Waals surface area contributed by atoms with Crippen LogP contribution in [-0.2, 0) is 14.3 Å². The fourth-order valence-corrected chi connectivity index (χ4v) is 3.21. The Balaban J connectivity index is 1.40. The number of ether oxygens (including phenoxy) is 3. The molecule has 1 unspecified atom stereocenters. The molecule has 7 heteroatoms. The predicted octanol–water partition coefficient (Wildman–Crippen LogP) is 3.23. The number of esters is 1. The summed E-state index contributed by atoms with van der Waals surface area (Å²) in [6, 6.07) is 14.1. The Hall–Kier alpha value is -3.35. The summed E-state index contributed by atoms with van der Waals surface area (Å²) in [7, 11) is 0. The number of nitrogens with one attached hydrogen (secondary N) is 1. The van der Waals surface area contributed by atoms with Gasteiger partial charge in [0.25, 0.3) is 5.91 Å². The van der Waals surface area contributed by atoms with Gasteiger partial charge >= 0.3 is 5.97 Å². The van der Waals surface area contributed by atoms with Crippen LogP contribution < -0.4 is 14.8 Å². The third-order valence-corrected chi connectivity index (χ3v) is 4.70. The van der Waals surface area contributed by atoms with Gasteiger partial charge in [-0.15, -0.1) is 0 Å². The minimum absolute atomic E-state index is 0.0156. The van der Waals surface area contributed by atoms with Crippen molar-refractivity contribution >= 4 is 17.7 Å². The Bertz CT molecular complexity index is 893. The van der Waals surface area contributed by atoms with E-state index in [9.17, 15) is 14.4 Å². The van der Waals surface area contributed by atoms with Gasteiger partial charge in [-0.05, 0) is 37.3 Å². The number of Topliss-reactive ketones (excluding diaryl/α,β-unsaturated/α-hetero) is 1. The summed E-state index contributed by atoms with van der Waals surface area (Å²) in [6.07, 6.45) is 0.578. The first kappa shape index (κ1) is 21.4. The lowest BCUT2D eigenvalue weighted by molar-refractivity contribution is -0.148. The number of ketones is 1. The monoisotopic (exact) mass is 411 g/mol. The molecule has 1 aliphatic heterocycles. The molecule has 0 aliphatic carbocycles. The number of hydrogen-bond donors (Lipinski definition) is 1. The molecular formula is C23H25NO6. The zero-order valence-electron chi connectivity index (χ0n) is 16.9. The molecule has 1 heterocycles. The maximum Gasteiger partial charge on any atom is 0.306 e. The highest BCUT2D eigenvalue weighted by Gasteiger charge is 2.23. The van der Waals surface area contributed by atoms with Crippen LogP contribution in [0.3, 0.4) is 0 Å². The summed E-state index contributed by atoms with van der Waals surface area (Å²) in [4.78, 5) is 36.3. The number of carbonyl (C=O) groups excluding carboxylic acids is 3. The molecule has 1 amide bonds. The zero-order valence-corrected chi connectivity index (χ0v) is 16.9. The zero-order chi connectivity index (χ0) is 21.3. The fraction of sp³-hybridized carbons (Fsp3) is 0.348. The predicted molar refractivity (Wildman–Crippen MR) is 110 cm³/mol. The third kappa shape index (κ3) is 5.83. The maximum atomic E-state index is 12.2. The van der Waals surface area contributed by atoms with Crippen LogP contribution >= 0.6 is 0 Å². The number of fused-ring (bicyclic) bond motifs is 1. The van der Waals surface area contributed by atoms with E-state index < -0.39 is 5.97 Å². The summed E-state index contributed by atoms with van der Waals surface area (Å²) in [6.45, 7) is 2.56. The second kappa shape index (κ2) is 10.4. The van der Waals surface area contributed by atoms with E-state index >= 15 is 0 Å². The van der Waals surface area contributed by atoms with Crippen molar-refractivity contribution in [1.82, 2.24) is 5.32 Å². The van der Waals surface area contributed by atoms with Crippen LogP contribution in [0.15, 0.2) is 48.5 Å². The summed E-state index contributed by atoms with van der Waals surface area (Å²) < 4.78 is 15.9. The van der Waals surface area contributed by atoms with Crippen molar-refractivity contribution in [3.05, 3.63) is 59.7 Å². The number of rotatable bonds is 9. The Morgan fingerprint density at radius 1 is 1.07 bits per heavy atom. The van der Waals surface area contributed by atoms with E-state index in [0.29, 0.717) is 30.9 Å².